The normalized spacial score (nSPS) is 12.2. The monoisotopic (exact) mass is 511 g/mol. The third-order valence-corrected chi connectivity index (χ3v) is 5.80. The van der Waals surface area contributed by atoms with Gasteiger partial charge in [0.05, 0.1) is 17.9 Å². The van der Waals surface area contributed by atoms with Gasteiger partial charge in [-0.3, -0.25) is 4.79 Å². The Morgan fingerprint density at radius 2 is 1.64 bits per heavy atom. The molecule has 0 fully saturated rings. The van der Waals surface area contributed by atoms with Crippen LogP contribution in [0.2, 0.25) is 0 Å². The number of sulfonamides is 1. The molecule has 4 N–H and O–H groups in total. The molecule has 3 aromatic carbocycles. The highest BCUT2D eigenvalue weighted by molar-refractivity contribution is 7.89. The Bertz CT molecular complexity index is 1250. The van der Waals surface area contributed by atoms with Gasteiger partial charge in [0.25, 0.3) is 5.91 Å². The summed E-state index contributed by atoms with van der Waals surface area (Å²) in [6.07, 6.45) is 0.382. The van der Waals surface area contributed by atoms with Gasteiger partial charge in [-0.1, -0.05) is 48.5 Å². The molecule has 0 aliphatic rings. The van der Waals surface area contributed by atoms with E-state index in [0.717, 1.165) is 22.9 Å². The fourth-order valence-corrected chi connectivity index (χ4v) is 4.04. The SMILES string of the molecule is CC(C)Nc1cc(-c2ccc(OCCNC[C@H](O)c3ccccc3)cc2)ccc1C(=O)NS(C)(=O)=O. The quantitative estimate of drug-likeness (QED) is 0.275. The summed E-state index contributed by atoms with van der Waals surface area (Å²) >= 11 is 0. The van der Waals surface area contributed by atoms with Gasteiger partial charge in [0.15, 0.2) is 0 Å². The number of rotatable bonds is 12. The molecular formula is C27H33N3O5S. The van der Waals surface area contributed by atoms with Gasteiger partial charge in [-0.25, -0.2) is 13.1 Å². The summed E-state index contributed by atoms with van der Waals surface area (Å²) < 4.78 is 30.8. The summed E-state index contributed by atoms with van der Waals surface area (Å²) in [5.41, 5.74) is 3.47. The molecule has 1 amide bonds. The lowest BCUT2D eigenvalue weighted by Gasteiger charge is -2.16. The minimum atomic E-state index is -3.67. The lowest BCUT2D eigenvalue weighted by atomic mass is 10.0. The second kappa shape index (κ2) is 12.5. The van der Waals surface area contributed by atoms with Crippen molar-refractivity contribution in [2.24, 2.45) is 0 Å². The number of aliphatic hydroxyl groups excluding tert-OH is 1. The van der Waals surface area contributed by atoms with Crippen LogP contribution >= 0.6 is 0 Å². The molecule has 8 nitrogen and oxygen atoms in total. The number of carbonyl (C=O) groups is 1. The largest absolute Gasteiger partial charge is 0.492 e. The van der Waals surface area contributed by atoms with Crippen LogP contribution in [0.3, 0.4) is 0 Å². The average Bonchev–Trinajstić information content (AvgIpc) is 2.83. The zero-order valence-corrected chi connectivity index (χ0v) is 21.5. The molecule has 0 radical (unpaired) electrons. The van der Waals surface area contributed by atoms with Gasteiger partial charge in [-0.05, 0) is 54.8 Å². The van der Waals surface area contributed by atoms with Crippen molar-refractivity contribution in [2.45, 2.75) is 26.0 Å². The van der Waals surface area contributed by atoms with Crippen molar-refractivity contribution in [3.8, 4) is 16.9 Å². The highest BCUT2D eigenvalue weighted by Crippen LogP contribution is 2.28. The number of carbonyl (C=O) groups excluding carboxylic acids is 1. The first-order valence-electron chi connectivity index (χ1n) is 11.7. The van der Waals surface area contributed by atoms with Crippen molar-refractivity contribution in [1.29, 1.82) is 0 Å². The molecule has 0 spiro atoms. The van der Waals surface area contributed by atoms with Crippen LogP contribution in [0.15, 0.2) is 72.8 Å². The van der Waals surface area contributed by atoms with E-state index in [1.54, 1.807) is 12.1 Å². The first-order valence-corrected chi connectivity index (χ1v) is 13.6. The summed E-state index contributed by atoms with van der Waals surface area (Å²) in [6, 6.07) is 22.3. The summed E-state index contributed by atoms with van der Waals surface area (Å²) in [4.78, 5) is 12.4. The Morgan fingerprint density at radius 1 is 0.972 bits per heavy atom. The van der Waals surface area contributed by atoms with Crippen molar-refractivity contribution >= 4 is 21.6 Å². The molecular weight excluding hydrogens is 478 g/mol. The topological polar surface area (TPSA) is 117 Å². The van der Waals surface area contributed by atoms with Gasteiger partial charge < -0.3 is 20.5 Å². The number of hydrogen-bond acceptors (Lipinski definition) is 7. The van der Waals surface area contributed by atoms with Crippen molar-refractivity contribution < 1.29 is 23.1 Å². The highest BCUT2D eigenvalue weighted by atomic mass is 32.2. The lowest BCUT2D eigenvalue weighted by Crippen LogP contribution is -2.30. The standard InChI is InChI=1S/C27H33N3O5S/c1-19(2)29-25-17-22(11-14-24(25)27(32)30-36(3,33)34)20-9-12-23(13-10-20)35-16-15-28-18-26(31)21-7-5-4-6-8-21/h4-14,17,19,26,28-29,31H,15-16,18H2,1-3H3,(H,30,32)/t26-/m0/s1. The predicted molar refractivity (Wildman–Crippen MR) is 143 cm³/mol. The first-order chi connectivity index (χ1) is 17.1. The molecule has 3 rings (SSSR count). The molecule has 0 heterocycles. The highest BCUT2D eigenvalue weighted by Gasteiger charge is 2.17. The zero-order valence-electron chi connectivity index (χ0n) is 20.7. The third-order valence-electron chi connectivity index (χ3n) is 5.24. The van der Waals surface area contributed by atoms with Gasteiger partial charge in [0, 0.05) is 24.8 Å². The van der Waals surface area contributed by atoms with Crippen molar-refractivity contribution in [3.05, 3.63) is 83.9 Å². The molecule has 0 saturated carbocycles. The third kappa shape index (κ3) is 8.37. The number of nitrogens with one attached hydrogen (secondary N) is 3. The molecule has 0 bridgehead atoms. The average molecular weight is 512 g/mol. The zero-order chi connectivity index (χ0) is 26.1. The van der Waals surface area contributed by atoms with Crippen LogP contribution in [0.5, 0.6) is 5.75 Å². The van der Waals surface area contributed by atoms with Gasteiger partial charge >= 0.3 is 0 Å². The Morgan fingerprint density at radius 3 is 2.28 bits per heavy atom. The summed E-state index contributed by atoms with van der Waals surface area (Å²) in [7, 11) is -3.67. The van der Waals surface area contributed by atoms with E-state index in [1.165, 1.54) is 0 Å². The molecule has 3 aromatic rings. The van der Waals surface area contributed by atoms with E-state index in [1.807, 2.05) is 79.2 Å². The molecule has 0 unspecified atom stereocenters. The van der Waals surface area contributed by atoms with E-state index in [9.17, 15) is 18.3 Å². The Kier molecular flexibility index (Phi) is 9.46. The molecule has 0 aromatic heterocycles. The van der Waals surface area contributed by atoms with Crippen molar-refractivity contribution in [2.75, 3.05) is 31.3 Å². The van der Waals surface area contributed by atoms with Crippen LogP contribution in [0, 0.1) is 0 Å². The van der Waals surface area contributed by atoms with Crippen LogP contribution in [0.4, 0.5) is 5.69 Å². The second-order valence-electron chi connectivity index (χ2n) is 8.77. The minimum Gasteiger partial charge on any atom is -0.492 e. The van der Waals surface area contributed by atoms with Crippen molar-refractivity contribution in [1.82, 2.24) is 10.0 Å². The maximum Gasteiger partial charge on any atom is 0.266 e. The first kappa shape index (κ1) is 27.2. The van der Waals surface area contributed by atoms with E-state index in [0.29, 0.717) is 31.1 Å². The van der Waals surface area contributed by atoms with E-state index in [4.69, 9.17) is 4.74 Å². The lowest BCUT2D eigenvalue weighted by molar-refractivity contribution is 0.0982. The van der Waals surface area contributed by atoms with E-state index >= 15 is 0 Å². The predicted octanol–water partition coefficient (Wildman–Crippen LogP) is 3.57. The Balaban J connectivity index is 1.58. The smallest absolute Gasteiger partial charge is 0.266 e. The van der Waals surface area contributed by atoms with Crippen molar-refractivity contribution in [3.63, 3.8) is 0 Å². The number of anilines is 1. The molecule has 36 heavy (non-hydrogen) atoms. The Labute approximate surface area is 212 Å². The molecule has 0 saturated heterocycles. The maximum absolute atomic E-state index is 12.4. The van der Waals surface area contributed by atoms with Crippen LogP contribution in [0.1, 0.15) is 35.9 Å². The van der Waals surface area contributed by atoms with E-state index in [2.05, 4.69) is 10.6 Å². The molecule has 0 aliphatic carbocycles. The summed E-state index contributed by atoms with van der Waals surface area (Å²) in [5, 5.41) is 16.6. The molecule has 9 heteroatoms. The van der Waals surface area contributed by atoms with Crippen LogP contribution in [0.25, 0.3) is 11.1 Å². The summed E-state index contributed by atoms with van der Waals surface area (Å²) in [5.74, 6) is 0.0367. The number of amides is 1. The number of aliphatic hydroxyl groups is 1. The van der Waals surface area contributed by atoms with Crippen LogP contribution < -0.4 is 20.1 Å². The number of hydrogen-bond donors (Lipinski definition) is 4. The molecule has 1 atom stereocenters. The number of ether oxygens (including phenoxy) is 1. The Hall–Kier alpha value is -3.40. The number of benzene rings is 3. The fraction of sp³-hybridized carbons (Fsp3) is 0.296. The van der Waals surface area contributed by atoms with Crippen LogP contribution in [-0.2, 0) is 10.0 Å². The van der Waals surface area contributed by atoms with Gasteiger partial charge in [-0.15, -0.1) is 0 Å². The summed E-state index contributed by atoms with van der Waals surface area (Å²) in [6.45, 7) is 5.36. The van der Waals surface area contributed by atoms with Gasteiger partial charge in [0.2, 0.25) is 10.0 Å². The maximum atomic E-state index is 12.4. The van der Waals surface area contributed by atoms with Crippen LogP contribution in [-0.4, -0.2) is 51.4 Å². The van der Waals surface area contributed by atoms with E-state index in [-0.39, 0.29) is 11.6 Å². The molecule has 0 aliphatic heterocycles. The van der Waals surface area contributed by atoms with E-state index < -0.39 is 22.0 Å². The van der Waals surface area contributed by atoms with Gasteiger partial charge in [0.1, 0.15) is 12.4 Å². The van der Waals surface area contributed by atoms with Gasteiger partial charge in [-0.2, -0.15) is 0 Å². The minimum absolute atomic E-state index is 0.0447. The fourth-order valence-electron chi connectivity index (χ4n) is 3.59. The molecule has 192 valence electrons. The second-order valence-corrected chi connectivity index (χ2v) is 10.5.